The highest BCUT2D eigenvalue weighted by atomic mass is 35.5. The predicted octanol–water partition coefficient (Wildman–Crippen LogP) is 10.9. The van der Waals surface area contributed by atoms with Gasteiger partial charge in [0.15, 0.2) is 17.5 Å². The summed E-state index contributed by atoms with van der Waals surface area (Å²) in [6.45, 7) is 0. The van der Waals surface area contributed by atoms with E-state index in [0.29, 0.717) is 22.5 Å². The number of fused-ring (bicyclic) bond motifs is 8. The third-order valence-electron chi connectivity index (χ3n) is 8.36. The zero-order valence-corrected chi connectivity index (χ0v) is 24.1. The van der Waals surface area contributed by atoms with Gasteiger partial charge in [-0.15, -0.1) is 0 Å². The number of hydrogen-bond donors (Lipinski definition) is 0. The van der Waals surface area contributed by atoms with Crippen LogP contribution in [0.15, 0.2) is 138 Å². The summed E-state index contributed by atoms with van der Waals surface area (Å²) < 4.78 is 6.18. The van der Waals surface area contributed by atoms with Crippen LogP contribution >= 0.6 is 11.6 Å². The molecule has 9 aromatic rings. The topological polar surface area (TPSA) is 51.8 Å². The van der Waals surface area contributed by atoms with Crippen LogP contribution in [0.25, 0.3) is 88.4 Å². The molecular formula is C39H22ClN3O. The molecule has 206 valence electrons. The number of nitrogens with zero attached hydrogens (tertiary/aromatic N) is 3. The maximum Gasteiger partial charge on any atom is 0.164 e. The van der Waals surface area contributed by atoms with Crippen LogP contribution in [0.5, 0.6) is 0 Å². The third-order valence-corrected chi connectivity index (χ3v) is 8.67. The van der Waals surface area contributed by atoms with Crippen LogP contribution in [-0.4, -0.2) is 15.0 Å². The van der Waals surface area contributed by atoms with Crippen molar-refractivity contribution >= 4 is 65.9 Å². The number of aromatic nitrogens is 3. The van der Waals surface area contributed by atoms with E-state index < -0.39 is 0 Å². The first kappa shape index (κ1) is 25.0. The fourth-order valence-corrected chi connectivity index (χ4v) is 6.50. The molecule has 0 saturated carbocycles. The highest BCUT2D eigenvalue weighted by molar-refractivity contribution is 6.38. The van der Waals surface area contributed by atoms with E-state index in [0.717, 1.165) is 54.8 Å². The quantitative estimate of drug-likeness (QED) is 0.194. The molecule has 0 bridgehead atoms. The normalized spacial score (nSPS) is 11.8. The number of rotatable bonds is 3. The van der Waals surface area contributed by atoms with Gasteiger partial charge in [0.2, 0.25) is 0 Å². The van der Waals surface area contributed by atoms with Gasteiger partial charge in [-0.05, 0) is 45.1 Å². The number of furan rings is 1. The number of para-hydroxylation sites is 1. The molecule has 44 heavy (non-hydrogen) atoms. The minimum atomic E-state index is 0.593. The second-order valence-electron chi connectivity index (χ2n) is 11.0. The van der Waals surface area contributed by atoms with Gasteiger partial charge >= 0.3 is 0 Å². The third kappa shape index (κ3) is 3.96. The first-order chi connectivity index (χ1) is 21.7. The lowest BCUT2D eigenvalue weighted by Gasteiger charge is -2.11. The molecule has 0 aliphatic carbocycles. The summed E-state index contributed by atoms with van der Waals surface area (Å²) >= 11 is 6.76. The van der Waals surface area contributed by atoms with Crippen molar-refractivity contribution in [3.8, 4) is 34.2 Å². The molecule has 0 unspecified atom stereocenters. The summed E-state index contributed by atoms with van der Waals surface area (Å²) in [5.41, 5.74) is 4.32. The Balaban J connectivity index is 1.28. The second-order valence-corrected chi connectivity index (χ2v) is 11.4. The highest BCUT2D eigenvalue weighted by Crippen LogP contribution is 2.40. The number of hydrogen-bond acceptors (Lipinski definition) is 4. The summed E-state index contributed by atoms with van der Waals surface area (Å²) in [7, 11) is 0. The predicted molar refractivity (Wildman–Crippen MR) is 181 cm³/mol. The molecule has 0 aliphatic heterocycles. The van der Waals surface area contributed by atoms with E-state index in [2.05, 4.69) is 66.7 Å². The highest BCUT2D eigenvalue weighted by Gasteiger charge is 2.17. The van der Waals surface area contributed by atoms with Crippen LogP contribution in [0, 0.1) is 0 Å². The Morgan fingerprint density at radius 3 is 1.84 bits per heavy atom. The minimum Gasteiger partial charge on any atom is -0.456 e. The van der Waals surface area contributed by atoms with Crippen molar-refractivity contribution in [3.63, 3.8) is 0 Å². The molecule has 0 N–H and O–H groups in total. The summed E-state index contributed by atoms with van der Waals surface area (Å²) in [4.78, 5) is 15.0. The SMILES string of the molecule is Clc1cc2oc3ccccc3c2c2cc(-c3nc(-c4ccccc4)nc(-c4ccc5c(ccc6ccccc65)c4)n3)ccc12. The van der Waals surface area contributed by atoms with Crippen molar-refractivity contribution < 1.29 is 4.42 Å². The summed E-state index contributed by atoms with van der Waals surface area (Å²) in [6, 6.07) is 45.4. The van der Waals surface area contributed by atoms with Crippen molar-refractivity contribution in [2.45, 2.75) is 0 Å². The molecule has 9 rings (SSSR count). The molecule has 0 spiro atoms. The molecule has 0 atom stereocenters. The van der Waals surface area contributed by atoms with Gasteiger partial charge in [-0.25, -0.2) is 15.0 Å². The van der Waals surface area contributed by atoms with Crippen LogP contribution in [0.3, 0.4) is 0 Å². The monoisotopic (exact) mass is 583 g/mol. The summed E-state index contributed by atoms with van der Waals surface area (Å²) in [5.74, 6) is 1.83. The molecule has 4 nitrogen and oxygen atoms in total. The van der Waals surface area contributed by atoms with Gasteiger partial charge in [0.25, 0.3) is 0 Å². The van der Waals surface area contributed by atoms with Gasteiger partial charge in [0.05, 0.1) is 5.02 Å². The van der Waals surface area contributed by atoms with Gasteiger partial charge in [-0.1, -0.05) is 121 Å². The molecule has 0 saturated heterocycles. The second kappa shape index (κ2) is 9.73. The standard InChI is InChI=1S/C39H22ClN3O/c40-33-22-35-36(31-12-6-7-13-34(31)44-35)32-21-27(17-19-30(32)33)39-42-37(24-9-2-1-3-10-24)41-38(43-39)26-16-18-29-25(20-26)15-14-23-8-4-5-11-28(23)29/h1-22H. The molecule has 0 aliphatic rings. The lowest BCUT2D eigenvalue weighted by atomic mass is 10.00. The average molecular weight is 584 g/mol. The van der Waals surface area contributed by atoms with Crippen LogP contribution in [-0.2, 0) is 0 Å². The molecule has 2 heterocycles. The van der Waals surface area contributed by atoms with Crippen molar-refractivity contribution in [2.75, 3.05) is 0 Å². The van der Waals surface area contributed by atoms with Crippen LogP contribution in [0.4, 0.5) is 0 Å². The molecule has 0 amide bonds. The van der Waals surface area contributed by atoms with E-state index in [1.54, 1.807) is 0 Å². The zero-order valence-electron chi connectivity index (χ0n) is 23.3. The van der Waals surface area contributed by atoms with Crippen molar-refractivity contribution in [2.24, 2.45) is 0 Å². The maximum absolute atomic E-state index is 6.76. The first-order valence-corrected chi connectivity index (χ1v) is 14.8. The van der Waals surface area contributed by atoms with Crippen molar-refractivity contribution in [3.05, 3.63) is 138 Å². The van der Waals surface area contributed by atoms with E-state index >= 15 is 0 Å². The van der Waals surface area contributed by atoms with Crippen LogP contribution < -0.4 is 0 Å². The lowest BCUT2D eigenvalue weighted by Crippen LogP contribution is -2.00. The van der Waals surface area contributed by atoms with Gasteiger partial charge in [-0.3, -0.25) is 0 Å². The minimum absolute atomic E-state index is 0.593. The van der Waals surface area contributed by atoms with Crippen molar-refractivity contribution in [1.29, 1.82) is 0 Å². The smallest absolute Gasteiger partial charge is 0.164 e. The number of halogens is 1. The fourth-order valence-electron chi connectivity index (χ4n) is 6.24. The zero-order chi connectivity index (χ0) is 29.2. The summed E-state index contributed by atoms with van der Waals surface area (Å²) in [6.07, 6.45) is 0. The fraction of sp³-hybridized carbons (Fsp3) is 0. The van der Waals surface area contributed by atoms with Gasteiger partial charge in [0, 0.05) is 38.9 Å². The Morgan fingerprint density at radius 1 is 0.409 bits per heavy atom. The van der Waals surface area contributed by atoms with Crippen LogP contribution in [0.2, 0.25) is 5.02 Å². The first-order valence-electron chi connectivity index (χ1n) is 14.5. The van der Waals surface area contributed by atoms with E-state index in [1.165, 1.54) is 16.2 Å². The Morgan fingerprint density at radius 2 is 1.02 bits per heavy atom. The Kier molecular flexibility index (Phi) is 5.52. The maximum atomic E-state index is 6.76. The van der Waals surface area contributed by atoms with E-state index in [9.17, 15) is 0 Å². The van der Waals surface area contributed by atoms with Gasteiger partial charge in [-0.2, -0.15) is 0 Å². The molecule has 0 fully saturated rings. The van der Waals surface area contributed by atoms with E-state index in [-0.39, 0.29) is 0 Å². The van der Waals surface area contributed by atoms with E-state index in [1.807, 2.05) is 66.7 Å². The molecule has 0 radical (unpaired) electrons. The lowest BCUT2D eigenvalue weighted by molar-refractivity contribution is 0.669. The molecule has 2 aromatic heterocycles. The Labute approximate surface area is 257 Å². The summed E-state index contributed by atoms with van der Waals surface area (Å²) in [5, 5.41) is 9.45. The average Bonchev–Trinajstić information content (AvgIpc) is 3.46. The number of benzene rings is 7. The largest absolute Gasteiger partial charge is 0.456 e. The van der Waals surface area contributed by atoms with Gasteiger partial charge < -0.3 is 4.42 Å². The Bertz CT molecular complexity index is 2570. The van der Waals surface area contributed by atoms with E-state index in [4.69, 9.17) is 31.0 Å². The van der Waals surface area contributed by atoms with Crippen molar-refractivity contribution in [1.82, 2.24) is 15.0 Å². The Hall–Kier alpha value is -5.58. The molecule has 7 aromatic carbocycles. The molecular weight excluding hydrogens is 562 g/mol. The molecule has 5 heteroatoms. The van der Waals surface area contributed by atoms with Crippen LogP contribution in [0.1, 0.15) is 0 Å². The van der Waals surface area contributed by atoms with Gasteiger partial charge in [0.1, 0.15) is 11.2 Å².